The summed E-state index contributed by atoms with van der Waals surface area (Å²) in [6, 6.07) is -0.133. The first-order chi connectivity index (χ1) is 16.8. The van der Waals surface area contributed by atoms with Crippen LogP contribution in [-0.4, -0.2) is 111 Å². The number of ether oxygens (including phenoxy) is 2. The Morgan fingerprint density at radius 3 is 1.59 bits per heavy atom. The molecule has 2 amide bonds. The SMILES string of the molecule is CC(C)(C)OC(=O)N1CCNCC1CO.CC(C)(C)OC(=O)N1CCNCC1CO[Si](C)(C)C(C)(C)C. The average molecular weight is 547 g/mol. The summed E-state index contributed by atoms with van der Waals surface area (Å²) in [5.74, 6) is 0. The smallest absolute Gasteiger partial charge is 0.410 e. The molecule has 0 spiro atoms. The molecule has 2 saturated heterocycles. The molecule has 10 nitrogen and oxygen atoms in total. The summed E-state index contributed by atoms with van der Waals surface area (Å²) < 4.78 is 17.1. The van der Waals surface area contributed by atoms with Gasteiger partial charge < -0.3 is 39.4 Å². The molecule has 2 unspecified atom stereocenters. The summed E-state index contributed by atoms with van der Waals surface area (Å²) in [5.41, 5.74) is -0.950. The summed E-state index contributed by atoms with van der Waals surface area (Å²) in [4.78, 5) is 27.5. The van der Waals surface area contributed by atoms with Gasteiger partial charge >= 0.3 is 12.2 Å². The molecule has 37 heavy (non-hydrogen) atoms. The van der Waals surface area contributed by atoms with Gasteiger partial charge in [-0.1, -0.05) is 20.8 Å². The number of rotatable bonds is 4. The summed E-state index contributed by atoms with van der Waals surface area (Å²) in [6.07, 6.45) is -0.583. The van der Waals surface area contributed by atoms with Crippen LogP contribution in [0.2, 0.25) is 18.1 Å². The largest absolute Gasteiger partial charge is 0.444 e. The predicted octanol–water partition coefficient (Wildman–Crippen LogP) is 3.40. The molecule has 0 aromatic rings. The van der Waals surface area contributed by atoms with Crippen LogP contribution in [0.1, 0.15) is 62.3 Å². The van der Waals surface area contributed by atoms with Crippen LogP contribution in [0.5, 0.6) is 0 Å². The van der Waals surface area contributed by atoms with Crippen molar-refractivity contribution in [1.29, 1.82) is 0 Å². The van der Waals surface area contributed by atoms with Gasteiger partial charge in [0, 0.05) is 39.3 Å². The maximum Gasteiger partial charge on any atom is 0.410 e. The van der Waals surface area contributed by atoms with Crippen molar-refractivity contribution in [1.82, 2.24) is 20.4 Å². The van der Waals surface area contributed by atoms with E-state index in [-0.39, 0.29) is 35.9 Å². The standard InChI is InChI=1S/C16H34N2O3Si.C10H20N2O3/c1-15(2,3)21-14(19)18-10-9-17-11-13(18)12-20-22(7,8)16(4,5)6;1-10(2,3)15-9(14)12-5-4-11-6-8(12)7-13/h13,17H,9-12H2,1-8H3;8,11,13H,4-7H2,1-3H3. The molecule has 0 aromatic carbocycles. The molecule has 2 rings (SSSR count). The van der Waals surface area contributed by atoms with Gasteiger partial charge in [-0.05, 0) is 59.7 Å². The number of hydrogen-bond acceptors (Lipinski definition) is 8. The Balaban J connectivity index is 0.000000397. The number of aliphatic hydroxyl groups is 1. The van der Waals surface area contributed by atoms with Crippen molar-refractivity contribution in [2.24, 2.45) is 0 Å². The van der Waals surface area contributed by atoms with Crippen LogP contribution in [0.4, 0.5) is 9.59 Å². The van der Waals surface area contributed by atoms with E-state index < -0.39 is 19.5 Å². The van der Waals surface area contributed by atoms with E-state index in [2.05, 4.69) is 44.5 Å². The zero-order valence-corrected chi connectivity index (χ0v) is 26.2. The zero-order valence-electron chi connectivity index (χ0n) is 25.2. The minimum atomic E-state index is -1.81. The lowest BCUT2D eigenvalue weighted by Gasteiger charge is -2.41. The monoisotopic (exact) mass is 546 g/mol. The van der Waals surface area contributed by atoms with Gasteiger partial charge in [-0.25, -0.2) is 9.59 Å². The van der Waals surface area contributed by atoms with Crippen LogP contribution in [0.15, 0.2) is 0 Å². The fourth-order valence-corrected chi connectivity index (χ4v) is 4.52. The van der Waals surface area contributed by atoms with E-state index in [1.165, 1.54) is 0 Å². The Morgan fingerprint density at radius 1 is 0.811 bits per heavy atom. The zero-order chi connectivity index (χ0) is 28.7. The van der Waals surface area contributed by atoms with Crippen molar-refractivity contribution in [3.05, 3.63) is 0 Å². The van der Waals surface area contributed by atoms with Gasteiger partial charge in [0.25, 0.3) is 0 Å². The number of nitrogens with zero attached hydrogens (tertiary/aromatic N) is 2. The molecule has 0 bridgehead atoms. The number of nitrogens with one attached hydrogen (secondary N) is 2. The molecule has 2 atom stereocenters. The topological polar surface area (TPSA) is 113 Å². The van der Waals surface area contributed by atoms with Gasteiger partial charge in [-0.2, -0.15) is 0 Å². The van der Waals surface area contributed by atoms with E-state index in [1.807, 2.05) is 46.4 Å². The van der Waals surface area contributed by atoms with Gasteiger partial charge in [0.2, 0.25) is 0 Å². The summed E-state index contributed by atoms with van der Waals surface area (Å²) in [7, 11) is -1.81. The molecule has 2 aliphatic rings. The van der Waals surface area contributed by atoms with Crippen LogP contribution >= 0.6 is 0 Å². The quantitative estimate of drug-likeness (QED) is 0.460. The van der Waals surface area contributed by atoms with Crippen LogP contribution in [0.25, 0.3) is 0 Å². The molecule has 2 fully saturated rings. The van der Waals surface area contributed by atoms with Gasteiger partial charge in [-0.3, -0.25) is 0 Å². The third-order valence-electron chi connectivity index (χ3n) is 6.61. The minimum Gasteiger partial charge on any atom is -0.444 e. The Labute approximate surface area is 225 Å². The van der Waals surface area contributed by atoms with Crippen LogP contribution in [-0.2, 0) is 13.9 Å². The highest BCUT2D eigenvalue weighted by Gasteiger charge is 2.39. The normalized spacial score (nSPS) is 21.6. The third-order valence-corrected chi connectivity index (χ3v) is 11.1. The van der Waals surface area contributed by atoms with Crippen molar-refractivity contribution in [2.45, 2.75) is 104 Å². The third kappa shape index (κ3) is 11.9. The molecular formula is C26H54N4O6Si. The Kier molecular flexibility index (Phi) is 12.4. The molecule has 218 valence electrons. The number of aliphatic hydroxyl groups excluding tert-OH is 1. The fraction of sp³-hybridized carbons (Fsp3) is 0.923. The van der Waals surface area contributed by atoms with E-state index in [9.17, 15) is 9.59 Å². The summed E-state index contributed by atoms with van der Waals surface area (Å²) >= 11 is 0. The van der Waals surface area contributed by atoms with E-state index in [0.29, 0.717) is 26.2 Å². The van der Waals surface area contributed by atoms with E-state index in [4.69, 9.17) is 19.0 Å². The van der Waals surface area contributed by atoms with Crippen LogP contribution in [0, 0.1) is 0 Å². The highest BCUT2D eigenvalue weighted by molar-refractivity contribution is 6.74. The van der Waals surface area contributed by atoms with Crippen LogP contribution in [0.3, 0.4) is 0 Å². The maximum atomic E-state index is 12.4. The second kappa shape index (κ2) is 13.6. The number of piperazine rings is 2. The molecule has 2 heterocycles. The number of amides is 2. The highest BCUT2D eigenvalue weighted by atomic mass is 28.4. The highest BCUT2D eigenvalue weighted by Crippen LogP contribution is 2.36. The van der Waals surface area contributed by atoms with Crippen molar-refractivity contribution >= 4 is 20.5 Å². The van der Waals surface area contributed by atoms with Gasteiger partial charge in [0.05, 0.1) is 25.3 Å². The number of carbonyl (C=O) groups excluding carboxylic acids is 2. The van der Waals surface area contributed by atoms with Crippen molar-refractivity contribution in [2.75, 3.05) is 52.5 Å². The van der Waals surface area contributed by atoms with E-state index in [1.54, 1.807) is 4.90 Å². The van der Waals surface area contributed by atoms with Gasteiger partial charge in [0.1, 0.15) is 11.2 Å². The first-order valence-corrected chi connectivity index (χ1v) is 16.3. The van der Waals surface area contributed by atoms with Crippen molar-refractivity contribution in [3.63, 3.8) is 0 Å². The van der Waals surface area contributed by atoms with E-state index >= 15 is 0 Å². The number of carbonyl (C=O) groups is 2. The molecule has 2 aliphatic heterocycles. The van der Waals surface area contributed by atoms with Gasteiger partial charge in [0.15, 0.2) is 8.32 Å². The molecule has 0 aromatic heterocycles. The second-order valence-corrected chi connectivity index (χ2v) is 18.1. The second-order valence-electron chi connectivity index (χ2n) is 13.3. The fourth-order valence-electron chi connectivity index (χ4n) is 3.48. The first kappa shape index (κ1) is 33.6. The van der Waals surface area contributed by atoms with Crippen LogP contribution < -0.4 is 10.6 Å². The van der Waals surface area contributed by atoms with Crippen molar-refractivity contribution in [3.8, 4) is 0 Å². The van der Waals surface area contributed by atoms with Crippen molar-refractivity contribution < 1.29 is 28.6 Å². The first-order valence-electron chi connectivity index (χ1n) is 13.4. The molecule has 0 radical (unpaired) electrons. The average Bonchev–Trinajstić information content (AvgIpc) is 2.75. The lowest BCUT2D eigenvalue weighted by molar-refractivity contribution is 0.00419. The Bertz CT molecular complexity index is 730. The molecule has 0 aliphatic carbocycles. The lowest BCUT2D eigenvalue weighted by atomic mass is 10.2. The predicted molar refractivity (Wildman–Crippen MR) is 149 cm³/mol. The molecule has 3 N–H and O–H groups in total. The summed E-state index contributed by atoms with van der Waals surface area (Å²) in [5, 5.41) is 15.8. The van der Waals surface area contributed by atoms with Gasteiger partial charge in [-0.15, -0.1) is 0 Å². The molecule has 0 saturated carbocycles. The Morgan fingerprint density at radius 2 is 1.22 bits per heavy atom. The summed E-state index contributed by atoms with van der Waals surface area (Å²) in [6.45, 7) is 27.1. The lowest BCUT2D eigenvalue weighted by Crippen LogP contribution is -2.57. The Hall–Kier alpha value is -1.40. The maximum absolute atomic E-state index is 12.4. The number of hydrogen-bond donors (Lipinski definition) is 3. The molecular weight excluding hydrogens is 492 g/mol. The minimum absolute atomic E-state index is 0.0355. The molecule has 11 heteroatoms. The van der Waals surface area contributed by atoms with E-state index in [0.717, 1.165) is 19.6 Å².